The highest BCUT2D eigenvalue weighted by Gasteiger charge is 2.19. The van der Waals surface area contributed by atoms with Crippen molar-refractivity contribution in [3.8, 4) is 11.3 Å². The molecule has 1 aromatic carbocycles. The summed E-state index contributed by atoms with van der Waals surface area (Å²) in [5.74, 6) is 0. The van der Waals surface area contributed by atoms with Gasteiger partial charge >= 0.3 is 0 Å². The molecule has 2 nitrogen and oxygen atoms in total. The fourth-order valence-corrected chi connectivity index (χ4v) is 3.41. The van der Waals surface area contributed by atoms with Crippen LogP contribution in [0.2, 0.25) is 0 Å². The van der Waals surface area contributed by atoms with Crippen molar-refractivity contribution in [2.45, 2.75) is 32.7 Å². The summed E-state index contributed by atoms with van der Waals surface area (Å²) in [5.41, 5.74) is 5.00. The monoisotopic (exact) mass is 258 g/mol. The van der Waals surface area contributed by atoms with Crippen LogP contribution in [0.5, 0.6) is 0 Å². The van der Waals surface area contributed by atoms with E-state index >= 15 is 0 Å². The van der Waals surface area contributed by atoms with Crippen LogP contribution >= 0.6 is 11.3 Å². The van der Waals surface area contributed by atoms with Gasteiger partial charge < -0.3 is 5.32 Å². The maximum atomic E-state index is 4.82. The first kappa shape index (κ1) is 11.9. The molecule has 1 saturated heterocycles. The van der Waals surface area contributed by atoms with E-state index in [1.807, 2.05) is 0 Å². The molecule has 2 aromatic rings. The second kappa shape index (κ2) is 4.82. The molecule has 1 fully saturated rings. The summed E-state index contributed by atoms with van der Waals surface area (Å²) in [6, 6.07) is 7.05. The Morgan fingerprint density at radius 2 is 2.22 bits per heavy atom. The van der Waals surface area contributed by atoms with Crippen LogP contribution in [-0.2, 0) is 0 Å². The molecule has 3 heteroatoms. The van der Waals surface area contributed by atoms with E-state index in [0.717, 1.165) is 12.2 Å². The number of hydrogen-bond donors (Lipinski definition) is 1. The zero-order valence-corrected chi connectivity index (χ0v) is 11.7. The van der Waals surface area contributed by atoms with Crippen LogP contribution in [0.1, 0.15) is 35.0 Å². The summed E-state index contributed by atoms with van der Waals surface area (Å²) in [4.78, 5) is 4.82. The molecule has 0 radical (unpaired) electrons. The number of aromatic nitrogens is 1. The zero-order valence-electron chi connectivity index (χ0n) is 10.9. The first-order valence-electron chi connectivity index (χ1n) is 6.50. The van der Waals surface area contributed by atoms with E-state index in [9.17, 15) is 0 Å². The summed E-state index contributed by atoms with van der Waals surface area (Å²) in [7, 11) is 0. The number of nitrogens with zero attached hydrogens (tertiary/aromatic N) is 1. The van der Waals surface area contributed by atoms with Crippen molar-refractivity contribution in [3.63, 3.8) is 0 Å². The molecular formula is C15H18N2S. The second-order valence-electron chi connectivity index (χ2n) is 5.04. The molecule has 1 aromatic heterocycles. The highest BCUT2D eigenvalue weighted by molar-refractivity contribution is 7.10. The number of hydrogen-bond acceptors (Lipinski definition) is 3. The summed E-state index contributed by atoms with van der Waals surface area (Å²) in [5, 5.41) is 6.94. The molecule has 0 bridgehead atoms. The van der Waals surface area contributed by atoms with Crippen LogP contribution < -0.4 is 5.32 Å². The minimum Gasteiger partial charge on any atom is -0.308 e. The Morgan fingerprint density at radius 1 is 1.33 bits per heavy atom. The van der Waals surface area contributed by atoms with Crippen molar-refractivity contribution in [1.29, 1.82) is 0 Å². The lowest BCUT2D eigenvalue weighted by Gasteiger charge is -2.06. The Balaban J connectivity index is 1.94. The lowest BCUT2D eigenvalue weighted by atomic mass is 10.0. The fourth-order valence-electron chi connectivity index (χ4n) is 2.48. The number of aryl methyl sites for hydroxylation is 2. The van der Waals surface area contributed by atoms with Crippen molar-refractivity contribution in [3.05, 3.63) is 39.7 Å². The third kappa shape index (κ3) is 2.20. The van der Waals surface area contributed by atoms with Gasteiger partial charge in [-0.3, -0.25) is 0 Å². The second-order valence-corrected chi connectivity index (χ2v) is 5.93. The van der Waals surface area contributed by atoms with Crippen LogP contribution in [-0.4, -0.2) is 11.5 Å². The van der Waals surface area contributed by atoms with Gasteiger partial charge in [0.25, 0.3) is 0 Å². The predicted molar refractivity (Wildman–Crippen MR) is 77.0 cm³/mol. The zero-order chi connectivity index (χ0) is 12.5. The van der Waals surface area contributed by atoms with E-state index in [2.05, 4.69) is 42.7 Å². The van der Waals surface area contributed by atoms with E-state index in [1.54, 1.807) is 11.3 Å². The fraction of sp³-hybridized carbons (Fsp3) is 0.400. The van der Waals surface area contributed by atoms with E-state index in [4.69, 9.17) is 4.98 Å². The number of thiazole rings is 1. The summed E-state index contributed by atoms with van der Waals surface area (Å²) in [6.45, 7) is 5.42. The Labute approximate surface area is 112 Å². The van der Waals surface area contributed by atoms with Gasteiger partial charge in [-0.05, 0) is 44.9 Å². The molecule has 1 aliphatic rings. The molecule has 3 rings (SSSR count). The molecule has 1 aliphatic heterocycles. The van der Waals surface area contributed by atoms with Gasteiger partial charge in [0.2, 0.25) is 0 Å². The van der Waals surface area contributed by atoms with Crippen molar-refractivity contribution in [2.24, 2.45) is 0 Å². The van der Waals surface area contributed by atoms with Gasteiger partial charge in [-0.15, -0.1) is 11.3 Å². The highest BCUT2D eigenvalue weighted by Crippen LogP contribution is 2.31. The van der Waals surface area contributed by atoms with Crippen molar-refractivity contribution < 1.29 is 0 Å². The standard InChI is InChI=1S/C15H18N2S/c1-10-5-6-11(2)12(8-10)14-9-18-15(17-14)13-4-3-7-16-13/h5-6,8-9,13,16H,3-4,7H2,1-2H3. The van der Waals surface area contributed by atoms with Crippen LogP contribution in [0.3, 0.4) is 0 Å². The molecule has 1 N–H and O–H groups in total. The van der Waals surface area contributed by atoms with Gasteiger partial charge in [0.1, 0.15) is 5.01 Å². The van der Waals surface area contributed by atoms with E-state index in [0.29, 0.717) is 6.04 Å². The topological polar surface area (TPSA) is 24.9 Å². The first-order chi connectivity index (χ1) is 8.74. The summed E-state index contributed by atoms with van der Waals surface area (Å²) in [6.07, 6.45) is 2.49. The molecule has 0 aliphatic carbocycles. The van der Waals surface area contributed by atoms with E-state index in [1.165, 1.54) is 34.5 Å². The number of nitrogens with one attached hydrogen (secondary N) is 1. The van der Waals surface area contributed by atoms with Crippen molar-refractivity contribution >= 4 is 11.3 Å². The number of benzene rings is 1. The maximum Gasteiger partial charge on any atom is 0.110 e. The van der Waals surface area contributed by atoms with Crippen LogP contribution in [0.25, 0.3) is 11.3 Å². The molecule has 0 spiro atoms. The molecular weight excluding hydrogens is 240 g/mol. The van der Waals surface area contributed by atoms with Gasteiger partial charge in [-0.2, -0.15) is 0 Å². The minimum atomic E-state index is 0.480. The summed E-state index contributed by atoms with van der Waals surface area (Å²) < 4.78 is 0. The van der Waals surface area contributed by atoms with E-state index in [-0.39, 0.29) is 0 Å². The quantitative estimate of drug-likeness (QED) is 0.885. The Hall–Kier alpha value is -1.19. The van der Waals surface area contributed by atoms with Gasteiger partial charge in [0.05, 0.1) is 11.7 Å². The lowest BCUT2D eigenvalue weighted by Crippen LogP contribution is -2.12. The summed E-state index contributed by atoms with van der Waals surface area (Å²) >= 11 is 1.78. The normalized spacial score (nSPS) is 19.3. The van der Waals surface area contributed by atoms with Crippen LogP contribution in [0.15, 0.2) is 23.6 Å². The Bertz CT molecular complexity index is 553. The van der Waals surface area contributed by atoms with Crippen molar-refractivity contribution in [2.75, 3.05) is 6.54 Å². The van der Waals surface area contributed by atoms with Gasteiger partial charge in [0.15, 0.2) is 0 Å². The third-order valence-corrected chi connectivity index (χ3v) is 4.51. The van der Waals surface area contributed by atoms with Crippen LogP contribution in [0.4, 0.5) is 0 Å². The third-order valence-electron chi connectivity index (χ3n) is 3.55. The highest BCUT2D eigenvalue weighted by atomic mass is 32.1. The molecule has 0 amide bonds. The molecule has 18 heavy (non-hydrogen) atoms. The minimum absolute atomic E-state index is 0.480. The van der Waals surface area contributed by atoms with E-state index < -0.39 is 0 Å². The lowest BCUT2D eigenvalue weighted by molar-refractivity contribution is 0.643. The first-order valence-corrected chi connectivity index (χ1v) is 7.38. The van der Waals surface area contributed by atoms with Crippen LogP contribution in [0, 0.1) is 13.8 Å². The molecule has 94 valence electrons. The molecule has 0 saturated carbocycles. The largest absolute Gasteiger partial charge is 0.308 e. The smallest absolute Gasteiger partial charge is 0.110 e. The Morgan fingerprint density at radius 3 is 3.00 bits per heavy atom. The maximum absolute atomic E-state index is 4.82. The van der Waals surface area contributed by atoms with Gasteiger partial charge in [-0.25, -0.2) is 4.98 Å². The van der Waals surface area contributed by atoms with Crippen molar-refractivity contribution in [1.82, 2.24) is 10.3 Å². The SMILES string of the molecule is Cc1ccc(C)c(-c2csc(C3CCCN3)n2)c1. The molecule has 1 atom stereocenters. The average molecular weight is 258 g/mol. The van der Waals surface area contributed by atoms with Gasteiger partial charge in [0, 0.05) is 10.9 Å². The average Bonchev–Trinajstić information content (AvgIpc) is 3.00. The van der Waals surface area contributed by atoms with Gasteiger partial charge in [-0.1, -0.05) is 17.7 Å². The molecule has 2 heterocycles. The predicted octanol–water partition coefficient (Wildman–Crippen LogP) is 3.85. The number of rotatable bonds is 2. The molecule has 1 unspecified atom stereocenters. The Kier molecular flexibility index (Phi) is 3.18.